The van der Waals surface area contributed by atoms with Crippen LogP contribution < -0.4 is 4.90 Å². The Labute approximate surface area is 137 Å². The van der Waals surface area contributed by atoms with Crippen LogP contribution in [0.3, 0.4) is 0 Å². The Morgan fingerprint density at radius 3 is 2.61 bits per heavy atom. The third kappa shape index (κ3) is 4.42. The molecule has 0 bridgehead atoms. The molecule has 0 amide bonds. The first-order valence-electron chi connectivity index (χ1n) is 7.95. The summed E-state index contributed by atoms with van der Waals surface area (Å²) in [5.41, 5.74) is 0. The Balaban J connectivity index is 1.55. The first kappa shape index (κ1) is 16.2. The lowest BCUT2D eigenvalue weighted by Crippen LogP contribution is -2.34. The van der Waals surface area contributed by atoms with Crippen LogP contribution in [-0.4, -0.2) is 39.4 Å². The minimum atomic E-state index is -3.32. The van der Waals surface area contributed by atoms with Gasteiger partial charge in [0.05, 0.1) is 12.9 Å². The highest BCUT2D eigenvalue weighted by atomic mass is 32.2. The summed E-state index contributed by atoms with van der Waals surface area (Å²) in [5.74, 6) is 1.54. The summed E-state index contributed by atoms with van der Waals surface area (Å²) in [6.45, 7) is 2.20. The molecular weight excluding hydrogens is 312 g/mol. The Morgan fingerprint density at radius 1 is 1.22 bits per heavy atom. The van der Waals surface area contributed by atoms with Gasteiger partial charge in [0, 0.05) is 24.7 Å². The maximum atomic E-state index is 11.0. The molecule has 0 N–H and O–H groups in total. The number of anilines is 1. The maximum Gasteiger partial charge on any atom is 0.264 e. The van der Waals surface area contributed by atoms with E-state index in [-0.39, 0.29) is 6.61 Å². The molecule has 124 valence electrons. The number of benzene rings is 1. The summed E-state index contributed by atoms with van der Waals surface area (Å²) in [6.07, 6.45) is 5.91. The van der Waals surface area contributed by atoms with Crippen molar-refractivity contribution < 1.29 is 12.6 Å². The van der Waals surface area contributed by atoms with Crippen molar-refractivity contribution >= 4 is 26.7 Å². The first-order valence-corrected chi connectivity index (χ1v) is 9.77. The van der Waals surface area contributed by atoms with E-state index in [1.54, 1.807) is 0 Å². The average Bonchev–Trinajstić information content (AvgIpc) is 2.54. The van der Waals surface area contributed by atoms with Gasteiger partial charge in [0.2, 0.25) is 0 Å². The van der Waals surface area contributed by atoms with E-state index in [0.29, 0.717) is 5.92 Å². The molecule has 1 fully saturated rings. The normalized spacial score (nSPS) is 16.8. The van der Waals surface area contributed by atoms with Crippen LogP contribution in [0.1, 0.15) is 19.3 Å². The molecule has 2 heterocycles. The third-order valence-electron chi connectivity index (χ3n) is 4.38. The van der Waals surface area contributed by atoms with Crippen molar-refractivity contribution in [2.75, 3.05) is 30.9 Å². The fourth-order valence-electron chi connectivity index (χ4n) is 3.06. The van der Waals surface area contributed by atoms with Gasteiger partial charge in [-0.3, -0.25) is 4.18 Å². The number of piperidine rings is 1. The van der Waals surface area contributed by atoms with Crippen molar-refractivity contribution in [3.05, 3.63) is 36.5 Å². The highest BCUT2D eigenvalue weighted by Crippen LogP contribution is 2.26. The molecule has 0 radical (unpaired) electrons. The van der Waals surface area contributed by atoms with Crippen LogP contribution in [0.2, 0.25) is 0 Å². The summed E-state index contributed by atoms with van der Waals surface area (Å²) in [4.78, 5) is 6.88. The molecule has 23 heavy (non-hydrogen) atoms. The molecule has 1 saturated heterocycles. The molecule has 3 rings (SSSR count). The van der Waals surface area contributed by atoms with Crippen LogP contribution >= 0.6 is 0 Å². The summed E-state index contributed by atoms with van der Waals surface area (Å²) in [5, 5.41) is 2.37. The van der Waals surface area contributed by atoms with Crippen LogP contribution in [0.25, 0.3) is 10.8 Å². The molecule has 5 nitrogen and oxygen atoms in total. The number of aromatic nitrogens is 1. The maximum absolute atomic E-state index is 11.0. The number of hydrogen-bond acceptors (Lipinski definition) is 5. The van der Waals surface area contributed by atoms with Gasteiger partial charge in [-0.25, -0.2) is 4.98 Å². The molecule has 0 aliphatic carbocycles. The zero-order valence-electron chi connectivity index (χ0n) is 13.3. The molecule has 6 heteroatoms. The number of pyridine rings is 1. The summed E-state index contributed by atoms with van der Waals surface area (Å²) < 4.78 is 26.8. The van der Waals surface area contributed by atoms with E-state index in [1.165, 1.54) is 5.39 Å². The molecule has 1 aromatic carbocycles. The molecule has 1 aromatic heterocycles. The fraction of sp³-hybridized carbons (Fsp3) is 0.471. The predicted octanol–water partition coefficient (Wildman–Crippen LogP) is 2.82. The highest BCUT2D eigenvalue weighted by Gasteiger charge is 2.20. The van der Waals surface area contributed by atoms with Crippen molar-refractivity contribution in [3.8, 4) is 0 Å². The Kier molecular flexibility index (Phi) is 4.82. The van der Waals surface area contributed by atoms with Crippen LogP contribution in [0.15, 0.2) is 36.5 Å². The average molecular weight is 334 g/mol. The zero-order chi connectivity index (χ0) is 16.3. The van der Waals surface area contributed by atoms with Gasteiger partial charge in [-0.05, 0) is 36.6 Å². The van der Waals surface area contributed by atoms with Gasteiger partial charge in [-0.1, -0.05) is 24.3 Å². The second kappa shape index (κ2) is 6.84. The van der Waals surface area contributed by atoms with Crippen LogP contribution in [-0.2, 0) is 14.3 Å². The van der Waals surface area contributed by atoms with E-state index < -0.39 is 10.1 Å². The van der Waals surface area contributed by atoms with Gasteiger partial charge in [-0.15, -0.1) is 0 Å². The van der Waals surface area contributed by atoms with E-state index in [9.17, 15) is 8.42 Å². The standard InChI is InChI=1S/C17H22N2O3S/c1-23(20,21)22-11-8-14-6-9-19(10-7-14)17-12-15-4-2-3-5-16(15)13-18-17/h2-5,12-14H,6-11H2,1H3. The van der Waals surface area contributed by atoms with E-state index in [1.807, 2.05) is 18.3 Å². The largest absolute Gasteiger partial charge is 0.357 e. The van der Waals surface area contributed by atoms with Crippen molar-refractivity contribution in [1.82, 2.24) is 4.98 Å². The van der Waals surface area contributed by atoms with Crippen molar-refractivity contribution in [3.63, 3.8) is 0 Å². The van der Waals surface area contributed by atoms with Gasteiger partial charge < -0.3 is 4.90 Å². The lowest BCUT2D eigenvalue weighted by molar-refractivity contribution is 0.264. The second-order valence-corrected chi connectivity index (χ2v) is 7.78. The lowest BCUT2D eigenvalue weighted by atomic mass is 9.94. The third-order valence-corrected chi connectivity index (χ3v) is 4.97. The summed E-state index contributed by atoms with van der Waals surface area (Å²) in [7, 11) is -3.32. The minimum Gasteiger partial charge on any atom is -0.357 e. The van der Waals surface area contributed by atoms with Gasteiger partial charge in [-0.2, -0.15) is 8.42 Å². The molecule has 1 aliphatic rings. The molecule has 0 spiro atoms. The number of hydrogen-bond donors (Lipinski definition) is 0. The first-order chi connectivity index (χ1) is 11.0. The van der Waals surface area contributed by atoms with Crippen LogP contribution in [0.4, 0.5) is 5.82 Å². The van der Waals surface area contributed by atoms with E-state index in [4.69, 9.17) is 4.18 Å². The van der Waals surface area contributed by atoms with Gasteiger partial charge in [0.15, 0.2) is 0 Å². The quantitative estimate of drug-likeness (QED) is 0.787. The molecule has 2 aromatic rings. The minimum absolute atomic E-state index is 0.289. The predicted molar refractivity (Wildman–Crippen MR) is 92.1 cm³/mol. The topological polar surface area (TPSA) is 59.5 Å². The molecule has 0 saturated carbocycles. The second-order valence-electron chi connectivity index (χ2n) is 6.13. The smallest absolute Gasteiger partial charge is 0.264 e. The van der Waals surface area contributed by atoms with Gasteiger partial charge >= 0.3 is 0 Å². The van der Waals surface area contributed by atoms with Crippen molar-refractivity contribution in [1.29, 1.82) is 0 Å². The van der Waals surface area contributed by atoms with E-state index >= 15 is 0 Å². The number of fused-ring (bicyclic) bond motifs is 1. The van der Waals surface area contributed by atoms with Crippen molar-refractivity contribution in [2.45, 2.75) is 19.3 Å². The monoisotopic (exact) mass is 334 g/mol. The lowest BCUT2D eigenvalue weighted by Gasteiger charge is -2.32. The van der Waals surface area contributed by atoms with Gasteiger partial charge in [0.1, 0.15) is 5.82 Å². The molecular formula is C17H22N2O3S. The zero-order valence-corrected chi connectivity index (χ0v) is 14.1. The highest BCUT2D eigenvalue weighted by molar-refractivity contribution is 7.85. The molecule has 0 unspecified atom stereocenters. The molecule has 1 aliphatic heterocycles. The summed E-state index contributed by atoms with van der Waals surface area (Å²) >= 11 is 0. The fourth-order valence-corrected chi connectivity index (χ4v) is 3.46. The molecule has 0 atom stereocenters. The Hall–Kier alpha value is -1.66. The summed E-state index contributed by atoms with van der Waals surface area (Å²) in [6, 6.07) is 10.4. The van der Waals surface area contributed by atoms with E-state index in [2.05, 4.69) is 28.1 Å². The van der Waals surface area contributed by atoms with Crippen LogP contribution in [0, 0.1) is 5.92 Å². The number of rotatable bonds is 5. The van der Waals surface area contributed by atoms with Gasteiger partial charge in [0.25, 0.3) is 10.1 Å². The van der Waals surface area contributed by atoms with Crippen LogP contribution in [0.5, 0.6) is 0 Å². The van der Waals surface area contributed by atoms with Crippen molar-refractivity contribution in [2.24, 2.45) is 5.92 Å². The SMILES string of the molecule is CS(=O)(=O)OCCC1CCN(c2cc3ccccc3cn2)CC1. The Morgan fingerprint density at radius 2 is 1.91 bits per heavy atom. The van der Waals surface area contributed by atoms with E-state index in [0.717, 1.165) is 49.8 Å². The Bertz CT molecular complexity index is 768. The number of nitrogens with zero attached hydrogens (tertiary/aromatic N) is 2.